The molecule has 0 amide bonds. The number of carbonyl (C=O) groups is 2. The van der Waals surface area contributed by atoms with Crippen molar-refractivity contribution < 1.29 is 33.0 Å². The van der Waals surface area contributed by atoms with Crippen molar-refractivity contribution in [1.82, 2.24) is 10.2 Å². The SMILES string of the molecule is C=C(C)[C@@H]1CC[C@]2(NC[C@@H]([C@H](C)O)N3CCS(=O)(=O)CC3)CC[C@]3(C)[C@H](CC[C@@H]4[C@@]5(C)CC[C@H](OC(=O)[C@H]6[C@@H](C(=O)O)C6(C)C)C(C)(C)[C@@H]5CC[C@]43C)[C@@H]12. The molecule has 54 heavy (non-hydrogen) atoms. The van der Waals surface area contributed by atoms with Gasteiger partial charge in [0.05, 0.1) is 29.4 Å². The highest BCUT2D eigenvalue weighted by Gasteiger charge is 2.72. The van der Waals surface area contributed by atoms with E-state index < -0.39 is 39.2 Å². The van der Waals surface area contributed by atoms with Crippen LogP contribution in [0.1, 0.15) is 127 Å². The van der Waals surface area contributed by atoms with E-state index in [1.165, 1.54) is 31.3 Å². The Labute approximate surface area is 326 Å². The summed E-state index contributed by atoms with van der Waals surface area (Å²) in [4.78, 5) is 27.6. The Morgan fingerprint density at radius 1 is 0.852 bits per heavy atom. The number of aliphatic hydroxyl groups excluding tert-OH is 1. The Morgan fingerprint density at radius 2 is 1.52 bits per heavy atom. The number of aliphatic hydroxyl groups is 1. The maximum atomic E-state index is 13.5. The molecule has 1 saturated heterocycles. The molecule has 0 aromatic rings. The molecule has 0 aromatic heterocycles. The van der Waals surface area contributed by atoms with Crippen molar-refractivity contribution in [2.45, 2.75) is 150 Å². The molecule has 0 bridgehead atoms. The minimum atomic E-state index is -3.00. The van der Waals surface area contributed by atoms with E-state index in [2.05, 4.69) is 58.3 Å². The summed E-state index contributed by atoms with van der Waals surface area (Å²) in [6, 6.07) is -0.122. The van der Waals surface area contributed by atoms with Gasteiger partial charge in [0.1, 0.15) is 6.10 Å². The van der Waals surface area contributed by atoms with Gasteiger partial charge >= 0.3 is 11.9 Å². The lowest BCUT2D eigenvalue weighted by Crippen LogP contribution is -2.69. The number of carbonyl (C=O) groups excluding carboxylic acids is 1. The molecule has 1 heterocycles. The van der Waals surface area contributed by atoms with Crippen LogP contribution in [0, 0.1) is 68.5 Å². The van der Waals surface area contributed by atoms with Crippen molar-refractivity contribution in [3.63, 3.8) is 0 Å². The van der Waals surface area contributed by atoms with Gasteiger partial charge in [0.25, 0.3) is 0 Å². The molecule has 9 nitrogen and oxygen atoms in total. The maximum absolute atomic E-state index is 13.5. The number of hydrogen-bond donors (Lipinski definition) is 3. The van der Waals surface area contributed by atoms with E-state index in [0.29, 0.717) is 49.2 Å². The van der Waals surface area contributed by atoms with Gasteiger partial charge in [-0.1, -0.05) is 60.6 Å². The average molecular weight is 773 g/mol. The normalized spacial score (nSPS) is 47.1. The first-order valence-corrected chi connectivity index (χ1v) is 23.3. The summed E-state index contributed by atoms with van der Waals surface area (Å²) in [7, 11) is -3.00. The van der Waals surface area contributed by atoms with Crippen LogP contribution in [-0.4, -0.2) is 90.4 Å². The Bertz CT molecular complexity index is 1630. The van der Waals surface area contributed by atoms with Crippen molar-refractivity contribution in [3.8, 4) is 0 Å². The van der Waals surface area contributed by atoms with Gasteiger partial charge in [-0.25, -0.2) is 8.42 Å². The predicted octanol–water partition coefficient (Wildman–Crippen LogP) is 6.73. The van der Waals surface area contributed by atoms with Crippen molar-refractivity contribution in [3.05, 3.63) is 12.2 Å². The highest BCUT2D eigenvalue weighted by atomic mass is 32.2. The third kappa shape index (κ3) is 6.01. The fourth-order valence-corrected chi connectivity index (χ4v) is 16.6. The van der Waals surface area contributed by atoms with E-state index in [-0.39, 0.29) is 56.8 Å². The third-order valence-corrected chi connectivity index (χ3v) is 20.3. The van der Waals surface area contributed by atoms with Gasteiger partial charge in [-0.05, 0) is 129 Å². The zero-order valence-corrected chi connectivity index (χ0v) is 35.7. The van der Waals surface area contributed by atoms with Gasteiger partial charge in [0.2, 0.25) is 0 Å². The predicted molar refractivity (Wildman–Crippen MR) is 211 cm³/mol. The van der Waals surface area contributed by atoms with Crippen LogP contribution in [0.25, 0.3) is 0 Å². The molecule has 6 saturated carbocycles. The highest BCUT2D eigenvalue weighted by Crippen LogP contribution is 2.76. The summed E-state index contributed by atoms with van der Waals surface area (Å²) in [5.74, 6) is 0.331. The lowest BCUT2D eigenvalue weighted by Gasteiger charge is -2.73. The van der Waals surface area contributed by atoms with Gasteiger partial charge in [-0.15, -0.1) is 0 Å². The van der Waals surface area contributed by atoms with Crippen LogP contribution < -0.4 is 5.32 Å². The van der Waals surface area contributed by atoms with Gasteiger partial charge in [0.15, 0.2) is 9.84 Å². The fraction of sp³-hybridized carbons (Fsp3) is 0.909. The summed E-state index contributed by atoms with van der Waals surface area (Å²) in [6.45, 7) is 26.5. The summed E-state index contributed by atoms with van der Waals surface area (Å²) in [5, 5.41) is 24.9. The zero-order chi connectivity index (χ0) is 39.6. The second-order valence-electron chi connectivity index (χ2n) is 21.6. The molecule has 1 aliphatic heterocycles. The largest absolute Gasteiger partial charge is 0.481 e. The number of esters is 1. The van der Waals surface area contributed by atoms with Crippen LogP contribution in [0.4, 0.5) is 0 Å². The molecular formula is C44H72N2O7S. The highest BCUT2D eigenvalue weighted by molar-refractivity contribution is 7.91. The number of sulfone groups is 1. The molecule has 3 N–H and O–H groups in total. The number of nitrogens with one attached hydrogen (secondary N) is 1. The Morgan fingerprint density at radius 3 is 2.11 bits per heavy atom. The van der Waals surface area contributed by atoms with Crippen LogP contribution in [-0.2, 0) is 24.2 Å². The molecule has 14 atom stereocenters. The first-order valence-electron chi connectivity index (χ1n) is 21.4. The van der Waals surface area contributed by atoms with Crippen LogP contribution in [0.5, 0.6) is 0 Å². The van der Waals surface area contributed by atoms with E-state index >= 15 is 0 Å². The van der Waals surface area contributed by atoms with Crippen molar-refractivity contribution in [2.24, 2.45) is 68.5 Å². The number of carboxylic acid groups (broad SMARTS) is 1. The minimum Gasteiger partial charge on any atom is -0.481 e. The zero-order valence-electron chi connectivity index (χ0n) is 34.9. The van der Waals surface area contributed by atoms with Crippen molar-refractivity contribution in [2.75, 3.05) is 31.1 Å². The van der Waals surface area contributed by atoms with E-state index in [1.807, 2.05) is 20.8 Å². The number of allylic oxidation sites excluding steroid dienone is 1. The molecule has 0 aromatic carbocycles. The molecule has 7 rings (SSSR count). The topological polar surface area (TPSA) is 133 Å². The third-order valence-electron chi connectivity index (χ3n) is 18.7. The molecule has 0 unspecified atom stereocenters. The second-order valence-corrected chi connectivity index (χ2v) is 23.9. The molecule has 10 heteroatoms. The number of aliphatic carboxylic acids is 1. The molecule has 7 fully saturated rings. The minimum absolute atomic E-state index is 0.0210. The first kappa shape index (κ1) is 40.7. The number of ether oxygens (including phenoxy) is 1. The van der Waals surface area contributed by atoms with Crippen LogP contribution >= 0.6 is 0 Å². The van der Waals surface area contributed by atoms with Crippen LogP contribution in [0.15, 0.2) is 12.2 Å². The average Bonchev–Trinajstić information content (AvgIpc) is 3.45. The monoisotopic (exact) mass is 773 g/mol. The van der Waals surface area contributed by atoms with Crippen molar-refractivity contribution in [1.29, 1.82) is 0 Å². The van der Waals surface area contributed by atoms with Gasteiger partial charge in [-0.3, -0.25) is 14.5 Å². The summed E-state index contributed by atoms with van der Waals surface area (Å²) < 4.78 is 30.8. The number of rotatable bonds is 9. The van der Waals surface area contributed by atoms with Crippen LogP contribution in [0.2, 0.25) is 0 Å². The number of hydrogen-bond acceptors (Lipinski definition) is 8. The molecule has 306 valence electrons. The second kappa shape index (κ2) is 13.3. The van der Waals surface area contributed by atoms with Gasteiger partial charge in [-0.2, -0.15) is 0 Å². The van der Waals surface area contributed by atoms with E-state index in [4.69, 9.17) is 4.74 Å². The maximum Gasteiger partial charge on any atom is 0.310 e. The molecule has 6 aliphatic carbocycles. The summed E-state index contributed by atoms with van der Waals surface area (Å²) >= 11 is 0. The number of carboxylic acids is 1. The summed E-state index contributed by atoms with van der Waals surface area (Å²) in [5.41, 5.74) is 0.960. The van der Waals surface area contributed by atoms with E-state index in [9.17, 15) is 28.2 Å². The number of nitrogens with zero attached hydrogens (tertiary/aromatic N) is 1. The summed E-state index contributed by atoms with van der Waals surface area (Å²) in [6.07, 6.45) is 10.3. The Kier molecular flexibility index (Phi) is 10.0. The smallest absolute Gasteiger partial charge is 0.310 e. The quantitative estimate of drug-likeness (QED) is 0.172. The van der Waals surface area contributed by atoms with Crippen molar-refractivity contribution >= 4 is 21.8 Å². The standard InChI is InChI=1S/C44H72N2O7S/c1-26(2)28-13-18-44(45-25-30(27(3)47)46-21-23-54(51,52)24-22-46)20-19-42(9)29(34(28)44)11-12-32-41(8)16-15-33(39(4,5)31(41)14-17-43(32,42)10)53-38(50)36-35(37(48)49)40(36,6)7/h27-36,45,47H,1,11-25H2,2-10H3,(H,48,49)/t27-,28-,29+,30-,31-,32+,33-,34+,35-,36+,41-,42+,43+,44-/m0/s1. The van der Waals surface area contributed by atoms with E-state index in [1.54, 1.807) is 0 Å². The molecule has 0 spiro atoms. The molecular weight excluding hydrogens is 701 g/mol. The lowest BCUT2D eigenvalue weighted by molar-refractivity contribution is -0.246. The van der Waals surface area contributed by atoms with Crippen LogP contribution in [0.3, 0.4) is 0 Å². The Hall–Kier alpha value is -1.49. The van der Waals surface area contributed by atoms with Gasteiger partial charge in [0, 0.05) is 36.6 Å². The lowest BCUT2D eigenvalue weighted by atomic mass is 9.32. The Balaban J connectivity index is 1.11. The molecule has 0 radical (unpaired) electrons. The fourth-order valence-electron chi connectivity index (χ4n) is 15.4. The molecule has 7 aliphatic rings. The van der Waals surface area contributed by atoms with Gasteiger partial charge < -0.3 is 20.3 Å². The first-order chi connectivity index (χ1) is 25.0. The number of fused-ring (bicyclic) bond motifs is 7. The van der Waals surface area contributed by atoms with E-state index in [0.717, 1.165) is 38.5 Å².